The van der Waals surface area contributed by atoms with Gasteiger partial charge in [-0.2, -0.15) is 0 Å². The second-order valence-electron chi connectivity index (χ2n) is 7.10. The molecule has 21 heavy (non-hydrogen) atoms. The Bertz CT molecular complexity index is 519. The summed E-state index contributed by atoms with van der Waals surface area (Å²) < 4.78 is 6.14. The Kier molecular flexibility index (Phi) is 4.13. The summed E-state index contributed by atoms with van der Waals surface area (Å²) >= 11 is 0. The Hall–Kier alpha value is -1.39. The maximum atomic E-state index is 10.9. The van der Waals surface area contributed by atoms with Gasteiger partial charge in [-0.15, -0.1) is 0 Å². The van der Waals surface area contributed by atoms with Gasteiger partial charge in [0.05, 0.1) is 16.8 Å². The summed E-state index contributed by atoms with van der Waals surface area (Å²) in [5.41, 5.74) is 1.16. The lowest BCUT2D eigenvalue weighted by Crippen LogP contribution is -2.44. The van der Waals surface area contributed by atoms with Crippen molar-refractivity contribution in [1.29, 1.82) is 0 Å². The van der Waals surface area contributed by atoms with E-state index in [2.05, 4.69) is 39.6 Å². The molecule has 0 aliphatic carbocycles. The molecule has 0 radical (unpaired) electrons. The van der Waals surface area contributed by atoms with Crippen LogP contribution in [0.4, 0.5) is 0 Å². The van der Waals surface area contributed by atoms with E-state index in [1.165, 1.54) is 0 Å². The van der Waals surface area contributed by atoms with Gasteiger partial charge in [0.2, 0.25) is 0 Å². The van der Waals surface area contributed by atoms with Crippen molar-refractivity contribution in [2.45, 2.75) is 57.9 Å². The zero-order valence-corrected chi connectivity index (χ0v) is 13.5. The largest absolute Gasteiger partial charge is 0.478 e. The van der Waals surface area contributed by atoms with Gasteiger partial charge in [-0.3, -0.25) is 4.90 Å². The van der Waals surface area contributed by atoms with Crippen LogP contribution in [-0.2, 0) is 11.3 Å². The Balaban J connectivity index is 2.07. The van der Waals surface area contributed by atoms with Gasteiger partial charge in [0, 0.05) is 12.6 Å². The van der Waals surface area contributed by atoms with Gasteiger partial charge in [-0.25, -0.2) is 4.79 Å². The maximum Gasteiger partial charge on any atom is 0.335 e. The molecule has 1 aromatic carbocycles. The molecule has 116 valence electrons. The molecule has 0 spiro atoms. The van der Waals surface area contributed by atoms with Crippen molar-refractivity contribution < 1.29 is 14.6 Å². The molecule has 1 fully saturated rings. The van der Waals surface area contributed by atoms with Gasteiger partial charge in [0.1, 0.15) is 0 Å². The highest BCUT2D eigenvalue weighted by Gasteiger charge is 2.47. The van der Waals surface area contributed by atoms with Crippen LogP contribution in [0.2, 0.25) is 0 Å². The minimum absolute atomic E-state index is 0.102. The number of hydrogen-bond donors (Lipinski definition) is 1. The number of hydrogen-bond acceptors (Lipinski definition) is 3. The van der Waals surface area contributed by atoms with Crippen LogP contribution in [0, 0.1) is 0 Å². The molecule has 1 aromatic rings. The van der Waals surface area contributed by atoms with E-state index in [1.54, 1.807) is 12.1 Å². The lowest BCUT2D eigenvalue weighted by Gasteiger charge is -2.33. The monoisotopic (exact) mass is 291 g/mol. The van der Waals surface area contributed by atoms with E-state index in [0.717, 1.165) is 18.5 Å². The molecule has 0 bridgehead atoms. The number of rotatable bonds is 4. The fourth-order valence-corrected chi connectivity index (χ4v) is 3.37. The SMILES string of the molecule is CN(Cc1ccc(C(=O)O)cc1)C1CC(C)(C)OC1(C)C. The number of likely N-dealkylation sites (N-methyl/N-ethyl adjacent to an activating group) is 1. The molecule has 4 nitrogen and oxygen atoms in total. The van der Waals surface area contributed by atoms with E-state index in [0.29, 0.717) is 11.6 Å². The van der Waals surface area contributed by atoms with Crippen LogP contribution in [0.15, 0.2) is 24.3 Å². The number of ether oxygens (including phenoxy) is 1. The summed E-state index contributed by atoms with van der Waals surface area (Å²) in [4.78, 5) is 13.2. The van der Waals surface area contributed by atoms with Gasteiger partial charge in [-0.1, -0.05) is 12.1 Å². The number of aromatic carboxylic acids is 1. The first-order valence-corrected chi connectivity index (χ1v) is 7.33. The van der Waals surface area contributed by atoms with Crippen molar-refractivity contribution in [3.05, 3.63) is 35.4 Å². The molecular formula is C17H25NO3. The minimum Gasteiger partial charge on any atom is -0.478 e. The van der Waals surface area contributed by atoms with E-state index in [4.69, 9.17) is 9.84 Å². The molecule has 1 atom stereocenters. The summed E-state index contributed by atoms with van der Waals surface area (Å²) in [6, 6.07) is 7.42. The summed E-state index contributed by atoms with van der Waals surface area (Å²) in [7, 11) is 2.10. The number of carbonyl (C=O) groups is 1. The summed E-state index contributed by atoms with van der Waals surface area (Å²) in [6.07, 6.45) is 0.990. The van der Waals surface area contributed by atoms with Crippen molar-refractivity contribution in [2.24, 2.45) is 0 Å². The van der Waals surface area contributed by atoms with Crippen molar-refractivity contribution in [3.63, 3.8) is 0 Å². The van der Waals surface area contributed by atoms with E-state index in [1.807, 2.05) is 12.1 Å². The molecule has 1 heterocycles. The number of nitrogens with zero attached hydrogens (tertiary/aromatic N) is 1. The smallest absolute Gasteiger partial charge is 0.335 e. The Morgan fingerprint density at radius 3 is 2.29 bits per heavy atom. The second-order valence-corrected chi connectivity index (χ2v) is 7.10. The van der Waals surface area contributed by atoms with Gasteiger partial charge in [0.15, 0.2) is 0 Å². The first kappa shape index (κ1) is 16.0. The number of benzene rings is 1. The predicted octanol–water partition coefficient (Wildman–Crippen LogP) is 3.16. The van der Waals surface area contributed by atoms with E-state index < -0.39 is 5.97 Å². The lowest BCUT2D eigenvalue weighted by molar-refractivity contribution is -0.0791. The van der Waals surface area contributed by atoms with Crippen LogP contribution >= 0.6 is 0 Å². The first-order chi connectivity index (χ1) is 9.61. The fourth-order valence-electron chi connectivity index (χ4n) is 3.37. The highest BCUT2D eigenvalue weighted by Crippen LogP contribution is 2.40. The van der Waals surface area contributed by atoms with Crippen molar-refractivity contribution in [3.8, 4) is 0 Å². The molecule has 1 unspecified atom stereocenters. The van der Waals surface area contributed by atoms with Crippen molar-refractivity contribution >= 4 is 5.97 Å². The summed E-state index contributed by atoms with van der Waals surface area (Å²) in [5.74, 6) is -0.887. The third-order valence-corrected chi connectivity index (χ3v) is 4.19. The topological polar surface area (TPSA) is 49.8 Å². The summed E-state index contributed by atoms with van der Waals surface area (Å²) in [6.45, 7) is 9.31. The van der Waals surface area contributed by atoms with Gasteiger partial charge in [-0.05, 0) is 58.9 Å². The van der Waals surface area contributed by atoms with Crippen molar-refractivity contribution in [1.82, 2.24) is 4.90 Å². The molecule has 0 aromatic heterocycles. The molecule has 2 rings (SSSR count). The Morgan fingerprint density at radius 2 is 1.86 bits per heavy atom. The molecule has 4 heteroatoms. The highest BCUT2D eigenvalue weighted by atomic mass is 16.5. The first-order valence-electron chi connectivity index (χ1n) is 7.33. The molecule has 0 saturated carbocycles. The highest BCUT2D eigenvalue weighted by molar-refractivity contribution is 5.87. The van der Waals surface area contributed by atoms with Gasteiger partial charge in [0.25, 0.3) is 0 Å². The van der Waals surface area contributed by atoms with Crippen molar-refractivity contribution in [2.75, 3.05) is 7.05 Å². The van der Waals surface area contributed by atoms with Gasteiger partial charge < -0.3 is 9.84 Å². The van der Waals surface area contributed by atoms with Crippen LogP contribution < -0.4 is 0 Å². The third kappa shape index (κ3) is 3.63. The quantitative estimate of drug-likeness (QED) is 0.925. The average molecular weight is 291 g/mol. The number of carboxylic acids is 1. The predicted molar refractivity (Wildman–Crippen MR) is 82.5 cm³/mol. The Labute approximate surface area is 126 Å². The van der Waals surface area contributed by atoms with Crippen LogP contribution in [0.25, 0.3) is 0 Å². The van der Waals surface area contributed by atoms with Crippen LogP contribution in [0.5, 0.6) is 0 Å². The Morgan fingerprint density at radius 1 is 1.29 bits per heavy atom. The minimum atomic E-state index is -0.887. The van der Waals surface area contributed by atoms with E-state index in [9.17, 15) is 4.79 Å². The molecule has 1 aliphatic rings. The third-order valence-electron chi connectivity index (χ3n) is 4.19. The summed E-state index contributed by atoms with van der Waals surface area (Å²) in [5, 5.41) is 8.93. The number of carboxylic acid groups (broad SMARTS) is 1. The van der Waals surface area contributed by atoms with E-state index >= 15 is 0 Å². The molecule has 0 amide bonds. The van der Waals surface area contributed by atoms with Gasteiger partial charge >= 0.3 is 5.97 Å². The zero-order valence-electron chi connectivity index (χ0n) is 13.5. The molecule has 1 N–H and O–H groups in total. The lowest BCUT2D eigenvalue weighted by atomic mass is 9.93. The fraction of sp³-hybridized carbons (Fsp3) is 0.588. The molecular weight excluding hydrogens is 266 g/mol. The van der Waals surface area contributed by atoms with Crippen LogP contribution in [0.3, 0.4) is 0 Å². The average Bonchev–Trinajstić information content (AvgIpc) is 2.58. The maximum absolute atomic E-state index is 10.9. The molecule has 1 saturated heterocycles. The van der Waals surface area contributed by atoms with Crippen LogP contribution in [-0.4, -0.2) is 40.3 Å². The van der Waals surface area contributed by atoms with Crippen LogP contribution in [0.1, 0.15) is 50.0 Å². The second kappa shape index (κ2) is 5.43. The van der Waals surface area contributed by atoms with E-state index in [-0.39, 0.29) is 11.2 Å². The zero-order chi connectivity index (χ0) is 15.8. The normalized spacial score (nSPS) is 23.4. The standard InChI is InChI=1S/C17H25NO3/c1-16(2)10-14(17(3,4)21-16)18(5)11-12-6-8-13(9-7-12)15(19)20/h6-9,14H,10-11H2,1-5H3,(H,19,20). The molecule has 1 aliphatic heterocycles.